The largest absolute Gasteiger partial charge is 0.386 e. The van der Waals surface area contributed by atoms with Crippen molar-refractivity contribution >= 4 is 33.3 Å². The summed E-state index contributed by atoms with van der Waals surface area (Å²) in [5.74, 6) is 0.449. The van der Waals surface area contributed by atoms with Gasteiger partial charge >= 0.3 is 0 Å². The molecule has 1 aromatic carbocycles. The van der Waals surface area contributed by atoms with Crippen molar-refractivity contribution in [3.63, 3.8) is 0 Å². The molecule has 0 spiro atoms. The fourth-order valence-corrected chi connectivity index (χ4v) is 3.14. The highest BCUT2D eigenvalue weighted by atomic mass is 32.1. The predicted octanol–water partition coefficient (Wildman–Crippen LogP) is 1.58. The quantitative estimate of drug-likeness (QED) is 0.547. The van der Waals surface area contributed by atoms with Gasteiger partial charge in [-0.2, -0.15) is 0 Å². The molecule has 1 unspecified atom stereocenters. The standard InChI is InChI=1S/C17H24N4O2S/c1-4-18-17(20-11-16(23)21(2)3)19-10-13(22)15-9-12-7-5-6-8-14(12)24-15/h5-9,13,22H,4,10-11H2,1-3H3,(H2,18,19,20). The van der Waals surface area contributed by atoms with E-state index in [0.717, 1.165) is 15.0 Å². The zero-order valence-electron chi connectivity index (χ0n) is 14.2. The SMILES string of the molecule is CCNC(=NCC(=O)N(C)C)NCC(O)c1cc2ccccc2s1. The van der Waals surface area contributed by atoms with Crippen LogP contribution in [-0.4, -0.2) is 55.6 Å². The Hall–Kier alpha value is -2.12. The van der Waals surface area contributed by atoms with E-state index in [0.29, 0.717) is 19.0 Å². The van der Waals surface area contributed by atoms with Gasteiger partial charge in [-0.1, -0.05) is 18.2 Å². The van der Waals surface area contributed by atoms with Gasteiger partial charge in [0.25, 0.3) is 0 Å². The number of aliphatic imine (C=N–C) groups is 1. The molecule has 24 heavy (non-hydrogen) atoms. The van der Waals surface area contributed by atoms with Crippen LogP contribution in [0.2, 0.25) is 0 Å². The Kier molecular flexibility index (Phi) is 6.57. The molecule has 6 nitrogen and oxygen atoms in total. The molecule has 1 heterocycles. The molecule has 0 saturated carbocycles. The van der Waals surface area contributed by atoms with Crippen molar-refractivity contribution in [1.29, 1.82) is 0 Å². The van der Waals surface area contributed by atoms with E-state index in [4.69, 9.17) is 0 Å². The molecule has 0 saturated heterocycles. The van der Waals surface area contributed by atoms with Gasteiger partial charge < -0.3 is 20.6 Å². The first-order valence-corrected chi connectivity index (χ1v) is 8.71. The lowest BCUT2D eigenvalue weighted by molar-refractivity contribution is -0.127. The van der Waals surface area contributed by atoms with Gasteiger partial charge in [-0.05, 0) is 24.4 Å². The molecule has 130 valence electrons. The smallest absolute Gasteiger partial charge is 0.243 e. The number of aliphatic hydroxyl groups excluding tert-OH is 1. The Morgan fingerprint density at radius 3 is 2.75 bits per heavy atom. The number of benzene rings is 1. The van der Waals surface area contributed by atoms with E-state index in [1.165, 1.54) is 4.90 Å². The molecule has 1 atom stereocenters. The second-order valence-corrected chi connectivity index (χ2v) is 6.68. The van der Waals surface area contributed by atoms with Gasteiger partial charge in [-0.25, -0.2) is 4.99 Å². The molecular formula is C17H24N4O2S. The number of hydrogen-bond acceptors (Lipinski definition) is 4. The summed E-state index contributed by atoms with van der Waals surface area (Å²) in [5.41, 5.74) is 0. The van der Waals surface area contributed by atoms with Crippen LogP contribution in [0.3, 0.4) is 0 Å². The van der Waals surface area contributed by atoms with Gasteiger partial charge in [0, 0.05) is 36.8 Å². The maximum atomic E-state index is 11.6. The summed E-state index contributed by atoms with van der Waals surface area (Å²) < 4.78 is 1.16. The summed E-state index contributed by atoms with van der Waals surface area (Å²) in [7, 11) is 3.40. The summed E-state index contributed by atoms with van der Waals surface area (Å²) >= 11 is 1.58. The Balaban J connectivity index is 1.97. The van der Waals surface area contributed by atoms with Gasteiger partial charge in [0.2, 0.25) is 5.91 Å². The minimum Gasteiger partial charge on any atom is -0.386 e. The molecular weight excluding hydrogens is 324 g/mol. The number of carbonyl (C=O) groups is 1. The van der Waals surface area contributed by atoms with Crippen LogP contribution in [0.1, 0.15) is 17.9 Å². The highest BCUT2D eigenvalue weighted by Crippen LogP contribution is 2.29. The first-order valence-electron chi connectivity index (χ1n) is 7.90. The van der Waals surface area contributed by atoms with Crippen molar-refractivity contribution in [2.75, 3.05) is 33.7 Å². The van der Waals surface area contributed by atoms with Gasteiger partial charge in [-0.15, -0.1) is 11.3 Å². The van der Waals surface area contributed by atoms with Crippen LogP contribution in [0.4, 0.5) is 0 Å². The average Bonchev–Trinajstić information content (AvgIpc) is 3.00. The Morgan fingerprint density at radius 2 is 2.08 bits per heavy atom. The third kappa shape index (κ3) is 4.94. The van der Waals surface area contributed by atoms with Crippen LogP contribution in [0.5, 0.6) is 0 Å². The molecule has 0 fully saturated rings. The maximum Gasteiger partial charge on any atom is 0.243 e. The summed E-state index contributed by atoms with van der Waals surface area (Å²) in [5, 5.41) is 17.7. The first-order chi connectivity index (χ1) is 11.5. The summed E-state index contributed by atoms with van der Waals surface area (Å²) in [6.45, 7) is 3.03. The number of hydrogen-bond donors (Lipinski definition) is 3. The minimum atomic E-state index is -0.629. The van der Waals surface area contributed by atoms with Crippen molar-refractivity contribution in [2.24, 2.45) is 4.99 Å². The lowest BCUT2D eigenvalue weighted by Gasteiger charge is -2.15. The summed E-state index contributed by atoms with van der Waals surface area (Å²) in [6, 6.07) is 10.1. The van der Waals surface area contributed by atoms with Crippen LogP contribution in [0.15, 0.2) is 35.3 Å². The third-order valence-electron chi connectivity index (χ3n) is 3.45. The normalized spacial score (nSPS) is 12.9. The number of rotatable bonds is 6. The van der Waals surface area contributed by atoms with Gasteiger partial charge in [0.05, 0.1) is 0 Å². The van der Waals surface area contributed by atoms with E-state index in [2.05, 4.69) is 15.6 Å². The molecule has 2 aromatic rings. The molecule has 7 heteroatoms. The molecule has 3 N–H and O–H groups in total. The van der Waals surface area contributed by atoms with Crippen molar-refractivity contribution in [3.8, 4) is 0 Å². The fraction of sp³-hybridized carbons (Fsp3) is 0.412. The number of amides is 1. The topological polar surface area (TPSA) is 77.0 Å². The van der Waals surface area contributed by atoms with E-state index in [1.54, 1.807) is 25.4 Å². The van der Waals surface area contributed by atoms with E-state index >= 15 is 0 Å². The number of fused-ring (bicyclic) bond motifs is 1. The van der Waals surface area contributed by atoms with Crippen molar-refractivity contribution in [3.05, 3.63) is 35.2 Å². The van der Waals surface area contributed by atoms with Crippen molar-refractivity contribution in [2.45, 2.75) is 13.0 Å². The second-order valence-electron chi connectivity index (χ2n) is 5.57. The molecule has 0 aliphatic rings. The maximum absolute atomic E-state index is 11.6. The number of carbonyl (C=O) groups excluding carboxylic acids is 1. The average molecular weight is 348 g/mol. The zero-order valence-corrected chi connectivity index (χ0v) is 15.1. The van der Waals surface area contributed by atoms with E-state index in [-0.39, 0.29) is 12.5 Å². The monoisotopic (exact) mass is 348 g/mol. The van der Waals surface area contributed by atoms with Crippen LogP contribution in [0, 0.1) is 0 Å². The van der Waals surface area contributed by atoms with Crippen LogP contribution >= 0.6 is 11.3 Å². The van der Waals surface area contributed by atoms with Crippen LogP contribution in [-0.2, 0) is 4.79 Å². The number of likely N-dealkylation sites (N-methyl/N-ethyl adjacent to an activating group) is 1. The Bertz CT molecular complexity index is 678. The van der Waals surface area contributed by atoms with Crippen molar-refractivity contribution < 1.29 is 9.90 Å². The predicted molar refractivity (Wildman–Crippen MR) is 99.5 cm³/mol. The number of nitrogens with zero attached hydrogens (tertiary/aromatic N) is 2. The molecule has 1 amide bonds. The summed E-state index contributed by atoms with van der Waals surface area (Å²) in [4.78, 5) is 18.3. The zero-order chi connectivity index (χ0) is 17.5. The highest BCUT2D eigenvalue weighted by Gasteiger charge is 2.12. The molecule has 1 aromatic heterocycles. The van der Waals surface area contributed by atoms with E-state index < -0.39 is 6.10 Å². The lowest BCUT2D eigenvalue weighted by atomic mass is 10.2. The molecule has 0 aliphatic heterocycles. The molecule has 0 aliphatic carbocycles. The van der Waals surface area contributed by atoms with E-state index in [1.807, 2.05) is 37.3 Å². The van der Waals surface area contributed by atoms with E-state index in [9.17, 15) is 9.90 Å². The summed E-state index contributed by atoms with van der Waals surface area (Å²) in [6.07, 6.45) is -0.629. The third-order valence-corrected chi connectivity index (χ3v) is 4.67. The van der Waals surface area contributed by atoms with Gasteiger partial charge in [-0.3, -0.25) is 4.79 Å². The lowest BCUT2D eigenvalue weighted by Crippen LogP contribution is -2.40. The Labute approximate surface area is 146 Å². The number of aliphatic hydroxyl groups is 1. The van der Waals surface area contributed by atoms with Gasteiger partial charge in [0.1, 0.15) is 12.6 Å². The number of nitrogens with one attached hydrogen (secondary N) is 2. The van der Waals surface area contributed by atoms with Crippen LogP contribution in [0.25, 0.3) is 10.1 Å². The fourth-order valence-electron chi connectivity index (χ4n) is 2.09. The number of thiophene rings is 1. The molecule has 0 bridgehead atoms. The molecule has 2 rings (SSSR count). The first kappa shape index (κ1) is 18.2. The number of guanidine groups is 1. The van der Waals surface area contributed by atoms with Crippen molar-refractivity contribution in [1.82, 2.24) is 15.5 Å². The minimum absolute atomic E-state index is 0.0708. The molecule has 0 radical (unpaired) electrons. The Morgan fingerprint density at radius 1 is 1.33 bits per heavy atom. The van der Waals surface area contributed by atoms with Crippen LogP contribution < -0.4 is 10.6 Å². The second kappa shape index (κ2) is 8.65. The van der Waals surface area contributed by atoms with Gasteiger partial charge in [0.15, 0.2) is 5.96 Å². The highest BCUT2D eigenvalue weighted by molar-refractivity contribution is 7.19.